The predicted molar refractivity (Wildman–Crippen MR) is 98.0 cm³/mol. The van der Waals surface area contributed by atoms with Gasteiger partial charge in [-0.05, 0) is 43.3 Å². The number of rotatable bonds is 5. The average Bonchev–Trinajstić information content (AvgIpc) is 2.53. The Bertz CT molecular complexity index is 529. The Morgan fingerprint density at radius 2 is 2.18 bits per heavy atom. The van der Waals surface area contributed by atoms with E-state index in [1.165, 1.54) is 32.1 Å². The molecule has 0 amide bonds. The van der Waals surface area contributed by atoms with E-state index >= 15 is 0 Å². The number of benzene rings is 1. The lowest BCUT2D eigenvalue weighted by molar-refractivity contribution is 0.263. The molecule has 1 aromatic carbocycles. The molecule has 0 aliphatic heterocycles. The molecule has 5 heteroatoms. The number of hydrogen-bond donors (Lipinski definition) is 1. The number of nitrogens with one attached hydrogen (secondary N) is 1. The van der Waals surface area contributed by atoms with Crippen LogP contribution in [-0.2, 0) is 0 Å². The summed E-state index contributed by atoms with van der Waals surface area (Å²) in [4.78, 5) is 2.22. The van der Waals surface area contributed by atoms with E-state index in [2.05, 4.69) is 16.8 Å². The van der Waals surface area contributed by atoms with Gasteiger partial charge in [0, 0.05) is 17.6 Å². The maximum absolute atomic E-state index is 6.08. The Kier molecular flexibility index (Phi) is 6.52. The van der Waals surface area contributed by atoms with Gasteiger partial charge in [-0.2, -0.15) is 0 Å². The molecule has 120 valence electrons. The second kappa shape index (κ2) is 8.39. The van der Waals surface area contributed by atoms with Gasteiger partial charge < -0.3 is 15.0 Å². The van der Waals surface area contributed by atoms with Crippen molar-refractivity contribution in [3.63, 3.8) is 0 Å². The Balaban J connectivity index is 2.13. The number of ether oxygens (including phenoxy) is 1. The molecule has 3 nitrogen and oxygen atoms in total. The Morgan fingerprint density at radius 3 is 2.82 bits per heavy atom. The molecule has 1 fully saturated rings. The Labute approximate surface area is 143 Å². The number of halogens is 1. The third-order valence-corrected chi connectivity index (χ3v) is 4.58. The molecule has 0 atom stereocenters. The van der Waals surface area contributed by atoms with Crippen molar-refractivity contribution >= 4 is 34.6 Å². The highest BCUT2D eigenvalue weighted by molar-refractivity contribution is 7.80. The molecule has 0 saturated heterocycles. The molecule has 0 unspecified atom stereocenters. The fraction of sp³-hybridized carbons (Fsp3) is 0.471. The van der Waals surface area contributed by atoms with Crippen molar-refractivity contribution in [1.82, 2.24) is 4.90 Å². The molecule has 0 radical (unpaired) electrons. The molecule has 1 N–H and O–H groups in total. The van der Waals surface area contributed by atoms with Gasteiger partial charge in [0.25, 0.3) is 0 Å². The van der Waals surface area contributed by atoms with E-state index in [0.717, 1.165) is 18.0 Å². The number of anilines is 1. The topological polar surface area (TPSA) is 24.5 Å². The maximum Gasteiger partial charge on any atom is 0.174 e. The van der Waals surface area contributed by atoms with Crippen LogP contribution in [0.2, 0.25) is 5.02 Å². The summed E-state index contributed by atoms with van der Waals surface area (Å²) in [5.74, 6) is 0.731. The minimum absolute atomic E-state index is 0.483. The number of hydrogen-bond acceptors (Lipinski definition) is 2. The van der Waals surface area contributed by atoms with Gasteiger partial charge in [0.1, 0.15) is 5.75 Å². The first kappa shape index (κ1) is 17.1. The van der Waals surface area contributed by atoms with Crippen molar-refractivity contribution in [2.75, 3.05) is 19.0 Å². The largest absolute Gasteiger partial charge is 0.495 e. The van der Waals surface area contributed by atoms with Gasteiger partial charge in [0.15, 0.2) is 5.11 Å². The van der Waals surface area contributed by atoms with E-state index in [1.54, 1.807) is 13.2 Å². The second-order valence-electron chi connectivity index (χ2n) is 5.51. The smallest absolute Gasteiger partial charge is 0.174 e. The third kappa shape index (κ3) is 4.37. The van der Waals surface area contributed by atoms with E-state index in [4.69, 9.17) is 28.6 Å². The lowest BCUT2D eigenvalue weighted by atomic mass is 9.94. The monoisotopic (exact) mass is 338 g/mol. The third-order valence-electron chi connectivity index (χ3n) is 4.01. The summed E-state index contributed by atoms with van der Waals surface area (Å²) >= 11 is 11.7. The SMILES string of the molecule is C=CCN(C(=S)Nc1cc(Cl)ccc1OC)C1CCCCC1. The summed E-state index contributed by atoms with van der Waals surface area (Å²) in [5.41, 5.74) is 0.796. The highest BCUT2D eigenvalue weighted by Crippen LogP contribution is 2.29. The van der Waals surface area contributed by atoms with Crippen molar-refractivity contribution in [2.45, 2.75) is 38.1 Å². The summed E-state index contributed by atoms with van der Waals surface area (Å²) in [6.07, 6.45) is 8.12. The van der Waals surface area contributed by atoms with Crippen LogP contribution in [0.15, 0.2) is 30.9 Å². The van der Waals surface area contributed by atoms with Crippen LogP contribution in [0.3, 0.4) is 0 Å². The van der Waals surface area contributed by atoms with Crippen molar-refractivity contribution < 1.29 is 4.74 Å². The zero-order valence-electron chi connectivity index (χ0n) is 13.0. The molecule has 0 aromatic heterocycles. The molecular formula is C17H23ClN2OS. The van der Waals surface area contributed by atoms with Gasteiger partial charge in [0.05, 0.1) is 12.8 Å². The normalized spacial score (nSPS) is 15.2. The molecule has 0 bridgehead atoms. The summed E-state index contributed by atoms with van der Waals surface area (Å²) in [7, 11) is 1.64. The number of methoxy groups -OCH3 is 1. The van der Waals surface area contributed by atoms with Crippen LogP contribution in [0, 0.1) is 0 Å². The highest BCUT2D eigenvalue weighted by atomic mass is 35.5. The van der Waals surface area contributed by atoms with Crippen LogP contribution in [0.4, 0.5) is 5.69 Å². The Hall–Kier alpha value is -1.26. The van der Waals surface area contributed by atoms with Crippen LogP contribution < -0.4 is 10.1 Å². The highest BCUT2D eigenvalue weighted by Gasteiger charge is 2.22. The van der Waals surface area contributed by atoms with Gasteiger partial charge >= 0.3 is 0 Å². The van der Waals surface area contributed by atoms with Crippen LogP contribution in [-0.4, -0.2) is 29.7 Å². The minimum atomic E-state index is 0.483. The quantitative estimate of drug-likeness (QED) is 0.611. The second-order valence-corrected chi connectivity index (χ2v) is 6.33. The van der Waals surface area contributed by atoms with E-state index in [1.807, 2.05) is 18.2 Å². The van der Waals surface area contributed by atoms with E-state index in [0.29, 0.717) is 16.2 Å². The molecule has 1 aromatic rings. The molecule has 1 aliphatic rings. The first-order valence-electron chi connectivity index (χ1n) is 7.67. The first-order chi connectivity index (χ1) is 10.7. The lowest BCUT2D eigenvalue weighted by Crippen LogP contribution is -2.43. The lowest BCUT2D eigenvalue weighted by Gasteiger charge is -2.35. The van der Waals surface area contributed by atoms with E-state index in [9.17, 15) is 0 Å². The van der Waals surface area contributed by atoms with Crippen molar-refractivity contribution in [2.24, 2.45) is 0 Å². The maximum atomic E-state index is 6.08. The van der Waals surface area contributed by atoms with Crippen LogP contribution >= 0.6 is 23.8 Å². The number of thiocarbonyl (C=S) groups is 1. The predicted octanol–water partition coefficient (Wildman–Crippen LogP) is 4.87. The first-order valence-corrected chi connectivity index (χ1v) is 8.46. The zero-order chi connectivity index (χ0) is 15.9. The summed E-state index contributed by atoms with van der Waals surface area (Å²) in [6, 6.07) is 5.96. The fourth-order valence-electron chi connectivity index (χ4n) is 2.89. The molecule has 0 spiro atoms. The van der Waals surface area contributed by atoms with Crippen molar-refractivity contribution in [3.8, 4) is 5.75 Å². The van der Waals surface area contributed by atoms with Crippen molar-refractivity contribution in [3.05, 3.63) is 35.9 Å². The molecular weight excluding hydrogens is 316 g/mol. The van der Waals surface area contributed by atoms with Gasteiger partial charge in [-0.15, -0.1) is 6.58 Å². The molecule has 1 saturated carbocycles. The number of nitrogens with zero attached hydrogens (tertiary/aromatic N) is 1. The minimum Gasteiger partial charge on any atom is -0.495 e. The molecule has 2 rings (SSSR count). The Morgan fingerprint density at radius 1 is 1.45 bits per heavy atom. The molecule has 0 heterocycles. The van der Waals surface area contributed by atoms with Crippen LogP contribution in [0.1, 0.15) is 32.1 Å². The van der Waals surface area contributed by atoms with Gasteiger partial charge in [-0.1, -0.05) is 36.9 Å². The van der Waals surface area contributed by atoms with Gasteiger partial charge in [-0.3, -0.25) is 0 Å². The van der Waals surface area contributed by atoms with Gasteiger partial charge in [0.2, 0.25) is 0 Å². The van der Waals surface area contributed by atoms with Gasteiger partial charge in [-0.25, -0.2) is 0 Å². The van der Waals surface area contributed by atoms with E-state index < -0.39 is 0 Å². The summed E-state index contributed by atoms with van der Waals surface area (Å²) in [5, 5.41) is 4.64. The van der Waals surface area contributed by atoms with E-state index in [-0.39, 0.29) is 0 Å². The van der Waals surface area contributed by atoms with Crippen LogP contribution in [0.25, 0.3) is 0 Å². The fourth-order valence-corrected chi connectivity index (χ4v) is 3.40. The standard InChI is InChI=1S/C17H23ClN2OS/c1-3-11-20(14-7-5-4-6-8-14)17(22)19-15-12-13(18)9-10-16(15)21-2/h3,9-10,12,14H,1,4-8,11H2,2H3,(H,19,22). The molecule has 22 heavy (non-hydrogen) atoms. The zero-order valence-corrected chi connectivity index (χ0v) is 14.6. The average molecular weight is 339 g/mol. The van der Waals surface area contributed by atoms with Crippen LogP contribution in [0.5, 0.6) is 5.75 Å². The van der Waals surface area contributed by atoms with Crippen molar-refractivity contribution in [1.29, 1.82) is 0 Å². The molecule has 1 aliphatic carbocycles. The summed E-state index contributed by atoms with van der Waals surface area (Å²) < 4.78 is 5.37. The summed E-state index contributed by atoms with van der Waals surface area (Å²) in [6.45, 7) is 4.61.